The van der Waals surface area contributed by atoms with E-state index in [1.165, 1.54) is 12.4 Å². The summed E-state index contributed by atoms with van der Waals surface area (Å²) in [5, 5.41) is 13.6. The van der Waals surface area contributed by atoms with Crippen molar-refractivity contribution < 1.29 is 9.52 Å². The molecule has 1 amide bonds. The zero-order valence-electron chi connectivity index (χ0n) is 7.57. The summed E-state index contributed by atoms with van der Waals surface area (Å²) < 4.78 is 0.623. The lowest BCUT2D eigenvalue weighted by atomic mass is 10.4. The molecule has 5 nitrogen and oxygen atoms in total. The molecule has 1 heterocycles. The molecule has 0 radical (unpaired) electrons. The van der Waals surface area contributed by atoms with Crippen molar-refractivity contribution in [2.45, 2.75) is 13.8 Å². The van der Waals surface area contributed by atoms with Gasteiger partial charge in [0.15, 0.2) is 5.69 Å². The lowest BCUT2D eigenvalue weighted by Crippen LogP contribution is -2.34. The van der Waals surface area contributed by atoms with Gasteiger partial charge in [-0.15, -0.1) is 0 Å². The summed E-state index contributed by atoms with van der Waals surface area (Å²) in [5.41, 5.74) is 0.607. The number of hydrogen-bond acceptors (Lipinski definition) is 3. The Kier molecular flexibility index (Phi) is 2.79. The average molecular weight is 181 g/mol. The van der Waals surface area contributed by atoms with Crippen LogP contribution < -0.4 is 10.0 Å². The van der Waals surface area contributed by atoms with Crippen LogP contribution in [0.25, 0.3) is 0 Å². The number of aryl methyl sites for hydroxylation is 1. The van der Waals surface area contributed by atoms with Crippen LogP contribution in [0, 0.1) is 12.1 Å². The molecule has 13 heavy (non-hydrogen) atoms. The molecule has 0 bridgehead atoms. The van der Waals surface area contributed by atoms with E-state index < -0.39 is 0 Å². The van der Waals surface area contributed by atoms with Crippen LogP contribution in [-0.4, -0.2) is 17.4 Å². The Morgan fingerprint density at radius 3 is 3.00 bits per heavy atom. The lowest BCUT2D eigenvalue weighted by Gasteiger charge is -2.02. The van der Waals surface area contributed by atoms with Crippen molar-refractivity contribution >= 4 is 5.91 Å². The highest BCUT2D eigenvalue weighted by Crippen LogP contribution is 1.91. The number of carbonyl (C=O) groups is 1. The first-order valence-corrected chi connectivity index (χ1v) is 3.99. The van der Waals surface area contributed by atoms with Gasteiger partial charge in [-0.05, 0) is 6.92 Å². The number of hydrogen-bond donors (Lipinski definition) is 1. The minimum absolute atomic E-state index is 0.141. The summed E-state index contributed by atoms with van der Waals surface area (Å²) in [4.78, 5) is 15.0. The first kappa shape index (κ1) is 9.44. The number of nitrogens with zero attached hydrogens (tertiary/aromatic N) is 2. The maximum atomic E-state index is 11.2. The van der Waals surface area contributed by atoms with Crippen LogP contribution in [-0.2, 0) is 0 Å². The molecule has 0 saturated heterocycles. The molecule has 0 aliphatic rings. The Balaban J connectivity index is 2.90. The van der Waals surface area contributed by atoms with Crippen molar-refractivity contribution in [2.24, 2.45) is 0 Å². The minimum Gasteiger partial charge on any atom is -0.618 e. The zero-order valence-corrected chi connectivity index (χ0v) is 7.57. The molecule has 70 valence electrons. The Bertz CT molecular complexity index is 325. The Labute approximate surface area is 76.0 Å². The van der Waals surface area contributed by atoms with E-state index >= 15 is 0 Å². The third-order valence-electron chi connectivity index (χ3n) is 1.55. The second-order valence-corrected chi connectivity index (χ2v) is 2.60. The van der Waals surface area contributed by atoms with Crippen LogP contribution in [0.3, 0.4) is 0 Å². The number of nitrogens with one attached hydrogen (secondary N) is 1. The quantitative estimate of drug-likeness (QED) is 0.506. The van der Waals surface area contributed by atoms with Crippen molar-refractivity contribution in [1.29, 1.82) is 0 Å². The average Bonchev–Trinajstić information content (AvgIpc) is 2.10. The first-order valence-electron chi connectivity index (χ1n) is 3.99. The second kappa shape index (κ2) is 3.84. The van der Waals surface area contributed by atoms with E-state index in [-0.39, 0.29) is 11.6 Å². The maximum absolute atomic E-state index is 11.2. The van der Waals surface area contributed by atoms with Gasteiger partial charge in [0, 0.05) is 13.5 Å². The van der Waals surface area contributed by atoms with Gasteiger partial charge in [-0.2, -0.15) is 4.73 Å². The van der Waals surface area contributed by atoms with Gasteiger partial charge in [0.05, 0.1) is 6.20 Å². The first-order chi connectivity index (χ1) is 6.15. The third kappa shape index (κ3) is 2.14. The molecule has 1 aromatic rings. The van der Waals surface area contributed by atoms with Crippen molar-refractivity contribution in [1.82, 2.24) is 10.3 Å². The lowest BCUT2D eigenvalue weighted by molar-refractivity contribution is -0.613. The van der Waals surface area contributed by atoms with Gasteiger partial charge >= 0.3 is 0 Å². The van der Waals surface area contributed by atoms with Gasteiger partial charge in [0.25, 0.3) is 5.91 Å². The van der Waals surface area contributed by atoms with Crippen LogP contribution >= 0.6 is 0 Å². The molecule has 0 spiro atoms. The van der Waals surface area contributed by atoms with E-state index in [9.17, 15) is 10.0 Å². The highest BCUT2D eigenvalue weighted by Gasteiger charge is 2.10. The van der Waals surface area contributed by atoms with E-state index in [1.54, 1.807) is 13.8 Å². The topological polar surface area (TPSA) is 68.9 Å². The Morgan fingerprint density at radius 1 is 1.77 bits per heavy atom. The maximum Gasteiger partial charge on any atom is 0.276 e. The van der Waals surface area contributed by atoms with Gasteiger partial charge in [-0.1, -0.05) is 0 Å². The van der Waals surface area contributed by atoms with Gasteiger partial charge in [0.1, 0.15) is 0 Å². The van der Waals surface area contributed by atoms with Crippen LogP contribution in [0.15, 0.2) is 12.4 Å². The standard InChI is InChI=1S/C8H11N3O2/c1-3-9-8(12)7-5-11(13)6(2)4-10-7/h4-5H,3H2,1-2H3,(H,9,12). The normalized spacial score (nSPS) is 9.69. The fourth-order valence-electron chi connectivity index (χ4n) is 0.834. The molecule has 1 rings (SSSR count). The highest BCUT2D eigenvalue weighted by molar-refractivity contribution is 5.91. The van der Waals surface area contributed by atoms with Crippen molar-refractivity contribution in [3.63, 3.8) is 0 Å². The number of carbonyl (C=O) groups excluding carboxylic acids is 1. The molecule has 0 fully saturated rings. The monoisotopic (exact) mass is 181 g/mol. The molecule has 1 N–H and O–H groups in total. The van der Waals surface area contributed by atoms with E-state index in [4.69, 9.17) is 0 Å². The van der Waals surface area contributed by atoms with E-state index in [0.29, 0.717) is 17.0 Å². The molecule has 1 aromatic heterocycles. The minimum atomic E-state index is -0.327. The molecule has 0 unspecified atom stereocenters. The van der Waals surface area contributed by atoms with Gasteiger partial charge in [0.2, 0.25) is 11.9 Å². The van der Waals surface area contributed by atoms with Crippen LogP contribution in [0.1, 0.15) is 23.1 Å². The fourth-order valence-corrected chi connectivity index (χ4v) is 0.834. The summed E-state index contributed by atoms with van der Waals surface area (Å²) in [7, 11) is 0. The predicted molar refractivity (Wildman–Crippen MR) is 45.9 cm³/mol. The van der Waals surface area contributed by atoms with Gasteiger partial charge in [-0.25, -0.2) is 4.98 Å². The zero-order chi connectivity index (χ0) is 9.84. The largest absolute Gasteiger partial charge is 0.618 e. The molecule has 0 saturated carbocycles. The summed E-state index contributed by atoms with van der Waals surface area (Å²) in [6.07, 6.45) is 2.54. The number of rotatable bonds is 2. The molecule has 0 aromatic carbocycles. The predicted octanol–water partition coefficient (Wildman–Crippen LogP) is -0.227. The van der Waals surface area contributed by atoms with Crippen molar-refractivity contribution in [3.05, 3.63) is 29.0 Å². The molecule has 5 heteroatoms. The highest BCUT2D eigenvalue weighted by atomic mass is 16.5. The van der Waals surface area contributed by atoms with E-state index in [0.717, 1.165) is 0 Å². The van der Waals surface area contributed by atoms with Gasteiger partial charge in [-0.3, -0.25) is 4.79 Å². The SMILES string of the molecule is CCNC(=O)c1c[n+]([O-])c(C)cn1. The Hall–Kier alpha value is -1.65. The molecule has 0 atom stereocenters. The van der Waals surface area contributed by atoms with Crippen LogP contribution in [0.4, 0.5) is 0 Å². The van der Waals surface area contributed by atoms with E-state index in [1.807, 2.05) is 0 Å². The van der Waals surface area contributed by atoms with Crippen LogP contribution in [0.5, 0.6) is 0 Å². The smallest absolute Gasteiger partial charge is 0.276 e. The van der Waals surface area contributed by atoms with Crippen LogP contribution in [0.2, 0.25) is 0 Å². The number of amides is 1. The molecular formula is C8H11N3O2. The summed E-state index contributed by atoms with van der Waals surface area (Å²) in [5.74, 6) is -0.327. The summed E-state index contributed by atoms with van der Waals surface area (Å²) in [6.45, 7) is 3.95. The van der Waals surface area contributed by atoms with Crippen molar-refractivity contribution in [2.75, 3.05) is 6.54 Å². The third-order valence-corrected chi connectivity index (χ3v) is 1.55. The fraction of sp³-hybridized carbons (Fsp3) is 0.375. The van der Waals surface area contributed by atoms with E-state index in [2.05, 4.69) is 10.3 Å². The molecule has 0 aliphatic heterocycles. The van der Waals surface area contributed by atoms with Crippen molar-refractivity contribution in [3.8, 4) is 0 Å². The number of aromatic nitrogens is 2. The molecular weight excluding hydrogens is 170 g/mol. The Morgan fingerprint density at radius 2 is 2.46 bits per heavy atom. The summed E-state index contributed by atoms with van der Waals surface area (Å²) in [6, 6.07) is 0. The summed E-state index contributed by atoms with van der Waals surface area (Å²) >= 11 is 0. The molecule has 0 aliphatic carbocycles. The van der Waals surface area contributed by atoms with Gasteiger partial charge < -0.3 is 10.5 Å². The second-order valence-electron chi connectivity index (χ2n) is 2.60.